The Balaban J connectivity index is 2.85. The molecule has 0 heterocycles. The quantitative estimate of drug-likeness (QED) is 0.345. The Hall–Kier alpha value is -0.0400. The number of hydrogen-bond acceptors (Lipinski definition) is 1. The predicted octanol–water partition coefficient (Wildman–Crippen LogP) is 5.89. The molecule has 0 aromatic rings. The van der Waals surface area contributed by atoms with Gasteiger partial charge in [-0.25, -0.2) is 0 Å². The number of ether oxygens (including phenoxy) is 1. The van der Waals surface area contributed by atoms with Crippen LogP contribution in [0.1, 0.15) is 90.9 Å². The lowest BCUT2D eigenvalue weighted by Crippen LogP contribution is -1.87. The van der Waals surface area contributed by atoms with Crippen molar-refractivity contribution in [2.75, 3.05) is 6.61 Å². The summed E-state index contributed by atoms with van der Waals surface area (Å²) < 4.78 is 5.20. The first-order valence-corrected chi connectivity index (χ1v) is 7.85. The highest BCUT2D eigenvalue weighted by molar-refractivity contribution is 4.52. The Morgan fingerprint density at radius 1 is 0.647 bits per heavy atom. The van der Waals surface area contributed by atoms with Crippen LogP contribution in [0, 0.1) is 6.61 Å². The van der Waals surface area contributed by atoms with Gasteiger partial charge in [0.25, 0.3) is 0 Å². The fraction of sp³-hybridized carbons (Fsp3) is 0.938. The highest BCUT2D eigenvalue weighted by Crippen LogP contribution is 2.12. The van der Waals surface area contributed by atoms with Crippen molar-refractivity contribution in [1.29, 1.82) is 0 Å². The van der Waals surface area contributed by atoms with Crippen LogP contribution in [0.3, 0.4) is 0 Å². The summed E-state index contributed by atoms with van der Waals surface area (Å²) in [6.45, 7) is 7.10. The maximum atomic E-state index is 5.20. The molecule has 0 fully saturated rings. The van der Waals surface area contributed by atoms with Crippen molar-refractivity contribution >= 4 is 0 Å². The van der Waals surface area contributed by atoms with Crippen molar-refractivity contribution in [1.82, 2.24) is 0 Å². The van der Waals surface area contributed by atoms with Gasteiger partial charge in [0.15, 0.2) is 0 Å². The molecule has 103 valence electrons. The van der Waals surface area contributed by atoms with E-state index < -0.39 is 0 Å². The minimum atomic E-state index is 0.817. The number of rotatable bonds is 14. The molecule has 1 nitrogen and oxygen atoms in total. The Labute approximate surface area is 109 Å². The minimum Gasteiger partial charge on any atom is -0.376 e. The van der Waals surface area contributed by atoms with Gasteiger partial charge in [0.05, 0.1) is 6.61 Å². The minimum absolute atomic E-state index is 0.817. The first-order chi connectivity index (χ1) is 8.41. The summed E-state index contributed by atoms with van der Waals surface area (Å²) in [5, 5.41) is 0. The van der Waals surface area contributed by atoms with Gasteiger partial charge in [-0.15, -0.1) is 0 Å². The second-order valence-corrected chi connectivity index (χ2v) is 4.95. The molecular weight excluding hydrogens is 208 g/mol. The van der Waals surface area contributed by atoms with Crippen LogP contribution in [-0.2, 0) is 4.74 Å². The van der Waals surface area contributed by atoms with E-state index in [1.807, 2.05) is 13.5 Å². The van der Waals surface area contributed by atoms with Gasteiger partial charge in [0.1, 0.15) is 0 Å². The lowest BCUT2D eigenvalue weighted by Gasteiger charge is -2.02. The van der Waals surface area contributed by atoms with Crippen LogP contribution < -0.4 is 0 Å². The van der Waals surface area contributed by atoms with Crippen molar-refractivity contribution in [2.24, 2.45) is 0 Å². The SMILES string of the molecule is CCCCCCCCCCCCC[CH]OCC. The van der Waals surface area contributed by atoms with Gasteiger partial charge in [-0.2, -0.15) is 0 Å². The lowest BCUT2D eigenvalue weighted by molar-refractivity contribution is 0.205. The molecule has 17 heavy (non-hydrogen) atoms. The zero-order chi connectivity index (χ0) is 12.6. The van der Waals surface area contributed by atoms with E-state index in [4.69, 9.17) is 4.74 Å². The Kier molecular flexibility index (Phi) is 15.9. The van der Waals surface area contributed by atoms with Crippen LogP contribution in [0.4, 0.5) is 0 Å². The molecule has 0 aliphatic rings. The van der Waals surface area contributed by atoms with Gasteiger partial charge in [0.2, 0.25) is 0 Å². The Morgan fingerprint density at radius 2 is 1.12 bits per heavy atom. The third kappa shape index (κ3) is 16.0. The fourth-order valence-electron chi connectivity index (χ4n) is 2.09. The first kappa shape index (κ1) is 17.0. The first-order valence-electron chi connectivity index (χ1n) is 7.85. The molecule has 0 bridgehead atoms. The summed E-state index contributed by atoms with van der Waals surface area (Å²) in [4.78, 5) is 0. The van der Waals surface area contributed by atoms with Crippen LogP contribution in [0.5, 0.6) is 0 Å². The largest absolute Gasteiger partial charge is 0.376 e. The molecule has 0 aliphatic heterocycles. The van der Waals surface area contributed by atoms with Gasteiger partial charge >= 0.3 is 0 Å². The van der Waals surface area contributed by atoms with Crippen molar-refractivity contribution < 1.29 is 4.74 Å². The van der Waals surface area contributed by atoms with E-state index in [1.165, 1.54) is 70.6 Å². The molecule has 0 aromatic carbocycles. The molecule has 1 heteroatoms. The van der Waals surface area contributed by atoms with Crippen molar-refractivity contribution in [3.63, 3.8) is 0 Å². The highest BCUT2D eigenvalue weighted by Gasteiger charge is 1.93. The predicted molar refractivity (Wildman–Crippen MR) is 77.0 cm³/mol. The molecule has 0 unspecified atom stereocenters. The molecule has 0 N–H and O–H groups in total. The zero-order valence-corrected chi connectivity index (χ0v) is 12.2. The normalized spacial score (nSPS) is 10.9. The number of unbranched alkanes of at least 4 members (excludes halogenated alkanes) is 11. The highest BCUT2D eigenvalue weighted by atomic mass is 16.5. The topological polar surface area (TPSA) is 9.23 Å². The average Bonchev–Trinajstić information content (AvgIpc) is 2.35. The summed E-state index contributed by atoms with van der Waals surface area (Å²) in [7, 11) is 0. The van der Waals surface area contributed by atoms with Crippen LogP contribution >= 0.6 is 0 Å². The molecule has 0 saturated heterocycles. The average molecular weight is 241 g/mol. The van der Waals surface area contributed by atoms with Gasteiger partial charge in [-0.05, 0) is 13.3 Å². The molecule has 0 rings (SSSR count). The zero-order valence-electron chi connectivity index (χ0n) is 12.2. The van der Waals surface area contributed by atoms with Gasteiger partial charge in [-0.1, -0.05) is 77.6 Å². The summed E-state index contributed by atoms with van der Waals surface area (Å²) in [5.41, 5.74) is 0. The molecule has 0 atom stereocenters. The molecule has 0 spiro atoms. The third-order valence-electron chi connectivity index (χ3n) is 3.21. The van der Waals surface area contributed by atoms with Crippen LogP contribution in [0.2, 0.25) is 0 Å². The summed E-state index contributed by atoms with van der Waals surface area (Å²) >= 11 is 0. The molecule has 0 aliphatic carbocycles. The van der Waals surface area contributed by atoms with Crippen LogP contribution in [0.15, 0.2) is 0 Å². The number of hydrogen-bond donors (Lipinski definition) is 0. The van der Waals surface area contributed by atoms with E-state index in [1.54, 1.807) is 0 Å². The second-order valence-electron chi connectivity index (χ2n) is 4.95. The lowest BCUT2D eigenvalue weighted by atomic mass is 10.1. The molecule has 0 amide bonds. The maximum Gasteiger partial charge on any atom is 0.0836 e. The van der Waals surface area contributed by atoms with Crippen molar-refractivity contribution in [3.8, 4) is 0 Å². The van der Waals surface area contributed by atoms with Gasteiger partial charge < -0.3 is 4.74 Å². The molecular formula is C16H33O. The smallest absolute Gasteiger partial charge is 0.0836 e. The van der Waals surface area contributed by atoms with E-state index in [2.05, 4.69) is 6.92 Å². The van der Waals surface area contributed by atoms with Crippen molar-refractivity contribution in [2.45, 2.75) is 90.9 Å². The summed E-state index contributed by atoms with van der Waals surface area (Å²) in [5.74, 6) is 0. The maximum absolute atomic E-state index is 5.20. The van der Waals surface area contributed by atoms with Crippen LogP contribution in [-0.4, -0.2) is 6.61 Å². The van der Waals surface area contributed by atoms with E-state index in [0.717, 1.165) is 13.0 Å². The second kappa shape index (κ2) is 16.0. The molecule has 1 radical (unpaired) electrons. The Morgan fingerprint density at radius 3 is 1.59 bits per heavy atom. The standard InChI is InChI=1S/C16H33O/c1-3-5-6-7-8-9-10-11-12-13-14-15-16-17-4-2/h16H,3-15H2,1-2H3. The van der Waals surface area contributed by atoms with Crippen LogP contribution in [0.25, 0.3) is 0 Å². The van der Waals surface area contributed by atoms with E-state index in [-0.39, 0.29) is 0 Å². The van der Waals surface area contributed by atoms with Gasteiger partial charge in [0, 0.05) is 6.61 Å². The molecule has 0 saturated carbocycles. The fourth-order valence-corrected chi connectivity index (χ4v) is 2.09. The Bertz CT molecular complexity index is 109. The summed E-state index contributed by atoms with van der Waals surface area (Å²) in [6, 6.07) is 0. The van der Waals surface area contributed by atoms with Crippen molar-refractivity contribution in [3.05, 3.63) is 6.61 Å². The van der Waals surface area contributed by atoms with E-state index in [0.29, 0.717) is 0 Å². The molecule has 0 aromatic heterocycles. The monoisotopic (exact) mass is 241 g/mol. The van der Waals surface area contributed by atoms with E-state index in [9.17, 15) is 0 Å². The summed E-state index contributed by atoms with van der Waals surface area (Å²) in [6.07, 6.45) is 16.7. The van der Waals surface area contributed by atoms with Gasteiger partial charge in [-0.3, -0.25) is 0 Å². The third-order valence-corrected chi connectivity index (χ3v) is 3.21. The van der Waals surface area contributed by atoms with E-state index >= 15 is 0 Å².